The zero-order chi connectivity index (χ0) is 17.2. The summed E-state index contributed by atoms with van der Waals surface area (Å²) in [7, 11) is 0. The molecule has 0 atom stereocenters. The van der Waals surface area contributed by atoms with Gasteiger partial charge in [0, 0.05) is 0 Å². The number of benzene rings is 1. The highest BCUT2D eigenvalue weighted by atomic mass is 16.5. The Morgan fingerprint density at radius 1 is 0.917 bits per heavy atom. The molecule has 1 aromatic carbocycles. The van der Waals surface area contributed by atoms with Gasteiger partial charge in [-0.2, -0.15) is 0 Å². The molecule has 0 saturated heterocycles. The second-order valence-electron chi connectivity index (χ2n) is 7.28. The van der Waals surface area contributed by atoms with E-state index in [1.165, 1.54) is 56.1 Å². The third-order valence-corrected chi connectivity index (χ3v) is 5.22. The highest BCUT2D eigenvalue weighted by Gasteiger charge is 2.18. The van der Waals surface area contributed by atoms with Gasteiger partial charge in [-0.1, -0.05) is 70.9 Å². The van der Waals surface area contributed by atoms with Gasteiger partial charge in [-0.05, 0) is 48.3 Å². The van der Waals surface area contributed by atoms with Crippen molar-refractivity contribution in [3.8, 4) is 5.75 Å². The van der Waals surface area contributed by atoms with E-state index in [4.69, 9.17) is 9.84 Å². The monoisotopic (exact) mass is 332 g/mol. The summed E-state index contributed by atoms with van der Waals surface area (Å²) in [6.07, 6.45) is 14.1. The Kier molecular flexibility index (Phi) is 8.66. The summed E-state index contributed by atoms with van der Waals surface area (Å²) in [4.78, 5) is 0. The molecule has 0 bridgehead atoms. The van der Waals surface area contributed by atoms with Crippen LogP contribution in [0.2, 0.25) is 0 Å². The quantitative estimate of drug-likeness (QED) is 0.653. The summed E-state index contributed by atoms with van der Waals surface area (Å²) in [6, 6.07) is 4.84. The molecular weight excluding hydrogens is 296 g/mol. The molecule has 1 fully saturated rings. The number of hydrogen-bond acceptors (Lipinski definition) is 2. The molecule has 2 rings (SSSR count). The second kappa shape index (κ2) is 10.8. The Balaban J connectivity index is 2.32. The molecule has 2 nitrogen and oxygen atoms in total. The Labute approximate surface area is 148 Å². The SMILES string of the molecule is CCCc1cc(C2CCCCCCC2)cc(CCC)c1OCCO. The van der Waals surface area contributed by atoms with Crippen LogP contribution in [0.4, 0.5) is 0 Å². The lowest BCUT2D eigenvalue weighted by Gasteiger charge is -2.24. The average molecular weight is 333 g/mol. The first kappa shape index (κ1) is 19.3. The number of aryl methyl sites for hydroxylation is 2. The number of aliphatic hydroxyl groups is 1. The van der Waals surface area contributed by atoms with Crippen LogP contribution in [0.5, 0.6) is 5.75 Å². The van der Waals surface area contributed by atoms with Gasteiger partial charge < -0.3 is 9.84 Å². The highest BCUT2D eigenvalue weighted by Crippen LogP contribution is 2.36. The molecule has 136 valence electrons. The molecular formula is C22H36O2. The van der Waals surface area contributed by atoms with Gasteiger partial charge in [0.1, 0.15) is 12.4 Å². The van der Waals surface area contributed by atoms with E-state index in [-0.39, 0.29) is 6.61 Å². The van der Waals surface area contributed by atoms with Crippen molar-refractivity contribution in [3.05, 3.63) is 28.8 Å². The maximum absolute atomic E-state index is 9.16. The lowest BCUT2D eigenvalue weighted by molar-refractivity contribution is 0.199. The fourth-order valence-corrected chi connectivity index (χ4v) is 4.05. The number of rotatable bonds is 8. The van der Waals surface area contributed by atoms with Crippen LogP contribution in [0.25, 0.3) is 0 Å². The number of hydrogen-bond donors (Lipinski definition) is 1. The van der Waals surface area contributed by atoms with E-state index in [0.29, 0.717) is 6.61 Å². The van der Waals surface area contributed by atoms with Crippen molar-refractivity contribution >= 4 is 0 Å². The molecule has 24 heavy (non-hydrogen) atoms. The van der Waals surface area contributed by atoms with E-state index in [1.807, 2.05) is 0 Å². The van der Waals surface area contributed by atoms with Gasteiger partial charge in [0.2, 0.25) is 0 Å². The third kappa shape index (κ3) is 5.51. The van der Waals surface area contributed by atoms with Crippen molar-refractivity contribution in [3.63, 3.8) is 0 Å². The Morgan fingerprint density at radius 3 is 1.96 bits per heavy atom. The molecule has 1 aromatic rings. The first-order valence-electron chi connectivity index (χ1n) is 10.2. The predicted molar refractivity (Wildman–Crippen MR) is 102 cm³/mol. The van der Waals surface area contributed by atoms with E-state index >= 15 is 0 Å². The maximum atomic E-state index is 9.16. The van der Waals surface area contributed by atoms with Crippen LogP contribution in [0.3, 0.4) is 0 Å². The fraction of sp³-hybridized carbons (Fsp3) is 0.727. The van der Waals surface area contributed by atoms with Crippen LogP contribution in [0.15, 0.2) is 12.1 Å². The number of aliphatic hydroxyl groups excluding tert-OH is 1. The molecule has 0 aliphatic heterocycles. The minimum atomic E-state index is 0.0848. The van der Waals surface area contributed by atoms with Gasteiger partial charge in [0.15, 0.2) is 0 Å². The van der Waals surface area contributed by atoms with E-state index in [0.717, 1.165) is 37.4 Å². The van der Waals surface area contributed by atoms with Gasteiger partial charge in [-0.15, -0.1) is 0 Å². The molecule has 2 heteroatoms. The molecule has 0 amide bonds. The molecule has 0 heterocycles. The zero-order valence-electron chi connectivity index (χ0n) is 15.8. The molecule has 1 saturated carbocycles. The van der Waals surface area contributed by atoms with Crippen molar-refractivity contribution in [1.29, 1.82) is 0 Å². The van der Waals surface area contributed by atoms with Crippen LogP contribution in [-0.4, -0.2) is 18.3 Å². The summed E-state index contributed by atoms with van der Waals surface area (Å²) in [5, 5.41) is 9.16. The van der Waals surface area contributed by atoms with Gasteiger partial charge in [-0.3, -0.25) is 0 Å². The van der Waals surface area contributed by atoms with E-state index < -0.39 is 0 Å². The maximum Gasteiger partial charge on any atom is 0.125 e. The summed E-state index contributed by atoms with van der Waals surface area (Å²) >= 11 is 0. The van der Waals surface area contributed by atoms with E-state index in [2.05, 4.69) is 26.0 Å². The van der Waals surface area contributed by atoms with Crippen molar-refractivity contribution in [1.82, 2.24) is 0 Å². The standard InChI is InChI=1S/C22H36O2/c1-3-10-19-16-21(18-12-8-6-5-7-9-13-18)17-20(11-4-2)22(19)24-15-14-23/h16-18,23H,3-15H2,1-2H3. The van der Waals surface area contributed by atoms with Gasteiger partial charge in [-0.25, -0.2) is 0 Å². The van der Waals surface area contributed by atoms with Gasteiger partial charge in [0.05, 0.1) is 6.61 Å². The van der Waals surface area contributed by atoms with Crippen LogP contribution in [0.1, 0.15) is 94.2 Å². The summed E-state index contributed by atoms with van der Waals surface area (Å²) < 4.78 is 5.96. The Hall–Kier alpha value is -1.02. The second-order valence-corrected chi connectivity index (χ2v) is 7.28. The summed E-state index contributed by atoms with van der Waals surface area (Å²) in [6.45, 7) is 4.95. The molecule has 0 spiro atoms. The van der Waals surface area contributed by atoms with Crippen molar-refractivity contribution in [2.45, 2.75) is 90.4 Å². The molecule has 0 radical (unpaired) electrons. The van der Waals surface area contributed by atoms with Crippen LogP contribution >= 0.6 is 0 Å². The molecule has 1 aliphatic carbocycles. The molecule has 0 aromatic heterocycles. The Bertz CT molecular complexity index is 446. The third-order valence-electron chi connectivity index (χ3n) is 5.22. The number of ether oxygens (including phenoxy) is 1. The fourth-order valence-electron chi connectivity index (χ4n) is 4.05. The lowest BCUT2D eigenvalue weighted by atomic mass is 9.83. The summed E-state index contributed by atoms with van der Waals surface area (Å²) in [5.74, 6) is 1.78. The topological polar surface area (TPSA) is 29.5 Å². The normalized spacial score (nSPS) is 16.6. The van der Waals surface area contributed by atoms with Crippen LogP contribution < -0.4 is 4.74 Å². The van der Waals surface area contributed by atoms with Crippen LogP contribution in [-0.2, 0) is 12.8 Å². The Morgan fingerprint density at radius 2 is 1.46 bits per heavy atom. The lowest BCUT2D eigenvalue weighted by Crippen LogP contribution is -2.09. The van der Waals surface area contributed by atoms with E-state index in [1.54, 1.807) is 5.56 Å². The largest absolute Gasteiger partial charge is 0.491 e. The van der Waals surface area contributed by atoms with Crippen molar-refractivity contribution in [2.75, 3.05) is 13.2 Å². The minimum absolute atomic E-state index is 0.0848. The predicted octanol–water partition coefficient (Wildman–Crippen LogP) is 5.79. The highest BCUT2D eigenvalue weighted by molar-refractivity contribution is 5.46. The smallest absolute Gasteiger partial charge is 0.125 e. The van der Waals surface area contributed by atoms with E-state index in [9.17, 15) is 0 Å². The van der Waals surface area contributed by atoms with Crippen molar-refractivity contribution < 1.29 is 9.84 Å². The summed E-state index contributed by atoms with van der Waals surface area (Å²) in [5.41, 5.74) is 4.25. The zero-order valence-corrected chi connectivity index (χ0v) is 15.8. The molecule has 0 unspecified atom stereocenters. The molecule has 1 N–H and O–H groups in total. The van der Waals surface area contributed by atoms with Gasteiger partial charge in [0.25, 0.3) is 0 Å². The first-order chi connectivity index (χ1) is 11.8. The first-order valence-corrected chi connectivity index (χ1v) is 10.2. The minimum Gasteiger partial charge on any atom is -0.491 e. The van der Waals surface area contributed by atoms with Crippen LogP contribution in [0, 0.1) is 0 Å². The average Bonchev–Trinajstić information content (AvgIpc) is 2.54. The van der Waals surface area contributed by atoms with Gasteiger partial charge >= 0.3 is 0 Å². The molecule has 1 aliphatic rings. The van der Waals surface area contributed by atoms with Crippen molar-refractivity contribution in [2.24, 2.45) is 0 Å².